The number of benzene rings is 2. The fourth-order valence-electron chi connectivity index (χ4n) is 10.7. The van der Waals surface area contributed by atoms with Gasteiger partial charge >= 0.3 is 301 Å². The van der Waals surface area contributed by atoms with Gasteiger partial charge in [-0.2, -0.15) is 0 Å². The molecule has 0 spiro atoms. The van der Waals surface area contributed by atoms with Crippen molar-refractivity contribution in [1.29, 1.82) is 0 Å². The number of allylic oxidation sites excluding steroid dienone is 8. The number of rotatable bonds is 4. The molecule has 0 radical (unpaired) electrons. The Morgan fingerprint density at radius 3 is 1.33 bits per heavy atom. The van der Waals surface area contributed by atoms with Crippen molar-refractivity contribution >= 4 is 8.07 Å². The molecular weight excluding hydrogens is 680 g/mol. The van der Waals surface area contributed by atoms with E-state index in [4.69, 9.17) is 5.63 Å². The van der Waals surface area contributed by atoms with Gasteiger partial charge in [-0.15, -0.1) is 0 Å². The second kappa shape index (κ2) is 11.8. The van der Waals surface area contributed by atoms with E-state index in [1.54, 1.807) is 43.8 Å². The third-order valence-corrected chi connectivity index (χ3v) is 26.8. The van der Waals surface area contributed by atoms with Gasteiger partial charge in [-0.05, 0) is 0 Å². The fraction of sp³-hybridized carbons (Fsp3) is 0.545. The van der Waals surface area contributed by atoms with Crippen LogP contribution in [0.5, 0.6) is 11.5 Å². The third kappa shape index (κ3) is 5.32. The summed E-state index contributed by atoms with van der Waals surface area (Å²) in [4.78, 5) is 0. The molecule has 0 fully saturated rings. The van der Waals surface area contributed by atoms with Crippen molar-refractivity contribution in [3.63, 3.8) is 0 Å². The van der Waals surface area contributed by atoms with E-state index in [1.165, 1.54) is 73.6 Å². The minimum absolute atomic E-state index is 0.0483. The first-order chi connectivity index (χ1) is 22.5. The van der Waals surface area contributed by atoms with Crippen LogP contribution in [0.4, 0.5) is 0 Å². The van der Waals surface area contributed by atoms with E-state index in [0.29, 0.717) is 0 Å². The molecule has 2 aromatic rings. The number of aryl methyl sites for hydroxylation is 2. The first-order valence-electron chi connectivity index (χ1n) is 18.9. The summed E-state index contributed by atoms with van der Waals surface area (Å²) in [5.41, 5.74) is 15.3. The van der Waals surface area contributed by atoms with Gasteiger partial charge in [-0.25, -0.2) is 0 Å². The summed E-state index contributed by atoms with van der Waals surface area (Å²) >= 11 is -4.50. The Balaban J connectivity index is 1.60. The monoisotopic (exact) mass is 738 g/mol. The zero-order valence-electron chi connectivity index (χ0n) is 32.1. The summed E-state index contributed by atoms with van der Waals surface area (Å²) in [6, 6.07) is 14.0. The van der Waals surface area contributed by atoms with Gasteiger partial charge in [0.2, 0.25) is 0 Å². The molecule has 256 valence electrons. The Kier molecular flexibility index (Phi) is 8.52. The maximum atomic E-state index is 8.23. The Morgan fingerprint density at radius 1 is 0.583 bits per heavy atom. The van der Waals surface area contributed by atoms with Gasteiger partial charge in [0.15, 0.2) is 0 Å². The van der Waals surface area contributed by atoms with Crippen molar-refractivity contribution in [3.8, 4) is 11.5 Å². The molecule has 4 bridgehead atoms. The molecule has 4 aliphatic carbocycles. The summed E-state index contributed by atoms with van der Waals surface area (Å²) in [7, 11) is -1.97. The van der Waals surface area contributed by atoms with Crippen molar-refractivity contribution in [2.45, 2.75) is 152 Å². The van der Waals surface area contributed by atoms with E-state index >= 15 is 0 Å². The van der Waals surface area contributed by atoms with E-state index in [9.17, 15) is 0 Å². The van der Waals surface area contributed by atoms with Crippen LogP contribution in [0.3, 0.4) is 0 Å². The Bertz CT molecular complexity index is 1690. The van der Waals surface area contributed by atoms with Crippen molar-refractivity contribution in [2.75, 3.05) is 0 Å². The molecular formula is C44H60O2SiZr. The number of fused-ring (bicyclic) bond motifs is 6. The average Bonchev–Trinajstić information content (AvgIpc) is 3.49. The van der Waals surface area contributed by atoms with E-state index in [0.717, 1.165) is 11.5 Å². The van der Waals surface area contributed by atoms with Crippen LogP contribution in [0, 0.1) is 13.8 Å². The molecule has 2 atom stereocenters. The van der Waals surface area contributed by atoms with Crippen molar-refractivity contribution < 1.29 is 26.8 Å². The van der Waals surface area contributed by atoms with Crippen LogP contribution in [0.2, 0.25) is 20.3 Å². The minimum atomic E-state index is -4.50. The Hall–Kier alpha value is -1.90. The second-order valence-electron chi connectivity index (χ2n) is 18.5. The molecule has 5 aliphatic rings. The quantitative estimate of drug-likeness (QED) is 0.291. The molecule has 0 aromatic heterocycles. The normalized spacial score (nSPS) is 24.8. The van der Waals surface area contributed by atoms with E-state index < -0.39 is 29.2 Å². The standard InChI is InChI=1S/C22H30Si.2C11H16O.Zr/c1-15-13-17-9-5-7-11-19(17)21(15)23(3,4)22-16(2)14-18-10-6-8-12-20(18)22;2*1-8-5-6-10(12)9(7-8)11(2,3)4;/h13-14H,5-12H2,1-4H3;2*5-7,12H,1-4H3;/q;;;+2/p-2. The van der Waals surface area contributed by atoms with E-state index in [-0.39, 0.29) is 18.1 Å². The molecule has 1 aliphatic heterocycles. The van der Waals surface area contributed by atoms with E-state index in [2.05, 4.69) is 119 Å². The van der Waals surface area contributed by atoms with Gasteiger partial charge in [0, 0.05) is 0 Å². The molecule has 0 saturated heterocycles. The summed E-state index contributed by atoms with van der Waals surface area (Å²) in [5.74, 6) is 2.15. The van der Waals surface area contributed by atoms with Crippen LogP contribution in [-0.4, -0.2) is 8.07 Å². The molecule has 1 heterocycles. The topological polar surface area (TPSA) is 18.5 Å². The molecule has 48 heavy (non-hydrogen) atoms. The Morgan fingerprint density at radius 2 is 0.958 bits per heavy atom. The summed E-state index contributed by atoms with van der Waals surface area (Å²) in [5, 5.41) is 3.56. The van der Waals surface area contributed by atoms with Gasteiger partial charge in [-0.1, -0.05) is 0 Å². The van der Waals surface area contributed by atoms with Gasteiger partial charge in [0.05, 0.1) is 0 Å². The third-order valence-electron chi connectivity index (χ3n) is 12.5. The van der Waals surface area contributed by atoms with Gasteiger partial charge < -0.3 is 0 Å². The SMILES string of the molecule is CC1=C2C3=C(CCCC3)[CH]1[Zr]([O]c1ccc(C)cc1C(C)(C)C)([O]c1ccc(C)cc1C(C)(C)C)[CH]1C(C)=C(C3=C1CCCC3)[Si]2(C)C. The number of hydrogen-bond acceptors (Lipinski definition) is 2. The predicted octanol–water partition coefficient (Wildman–Crippen LogP) is 13.1. The van der Waals surface area contributed by atoms with Crippen LogP contribution in [-0.2, 0) is 32.0 Å². The van der Waals surface area contributed by atoms with Crippen molar-refractivity contribution in [3.05, 3.63) is 102 Å². The van der Waals surface area contributed by atoms with Crippen LogP contribution in [0.15, 0.2) is 80.2 Å². The molecule has 7 rings (SSSR count). The van der Waals surface area contributed by atoms with Crippen LogP contribution in [0.1, 0.15) is 129 Å². The molecule has 0 N–H and O–H groups in total. The first kappa shape index (κ1) is 34.5. The first-order valence-corrected chi connectivity index (χ1v) is 26.8. The van der Waals surface area contributed by atoms with Crippen LogP contribution < -0.4 is 5.63 Å². The average molecular weight is 740 g/mol. The van der Waals surface area contributed by atoms with Gasteiger partial charge in [0.1, 0.15) is 0 Å². The molecule has 2 nitrogen and oxygen atoms in total. The van der Waals surface area contributed by atoms with Gasteiger partial charge in [-0.3, -0.25) is 0 Å². The zero-order chi connectivity index (χ0) is 34.6. The molecule has 2 unspecified atom stereocenters. The fourth-order valence-corrected chi connectivity index (χ4v) is 28.3. The van der Waals surface area contributed by atoms with Gasteiger partial charge in [0.25, 0.3) is 0 Å². The number of hydrogen-bond donors (Lipinski definition) is 0. The molecule has 0 amide bonds. The van der Waals surface area contributed by atoms with E-state index in [1.807, 2.05) is 0 Å². The maximum absolute atomic E-state index is 8.23. The Labute approximate surface area is 298 Å². The summed E-state index contributed by atoms with van der Waals surface area (Å²) in [6.07, 6.45) is 10.0. The molecule has 0 saturated carbocycles. The summed E-state index contributed by atoms with van der Waals surface area (Å²) in [6.45, 7) is 29.0. The van der Waals surface area contributed by atoms with Crippen LogP contribution in [0.25, 0.3) is 0 Å². The summed E-state index contributed by atoms with van der Waals surface area (Å²) < 4.78 is 17.0. The van der Waals surface area contributed by atoms with Crippen molar-refractivity contribution in [1.82, 2.24) is 0 Å². The van der Waals surface area contributed by atoms with Crippen LogP contribution >= 0.6 is 0 Å². The molecule has 4 heteroatoms. The zero-order valence-corrected chi connectivity index (χ0v) is 35.6. The predicted molar refractivity (Wildman–Crippen MR) is 202 cm³/mol. The van der Waals surface area contributed by atoms with Crippen molar-refractivity contribution in [2.24, 2.45) is 0 Å². The molecule has 2 aromatic carbocycles. The second-order valence-corrected chi connectivity index (χ2v) is 30.1.